The number of carbonyl (C=O) groups excluding carboxylic acids is 3. The molecule has 208 valence electrons. The van der Waals surface area contributed by atoms with Gasteiger partial charge in [-0.15, -0.1) is 11.3 Å². The van der Waals surface area contributed by atoms with Crippen LogP contribution in [0.4, 0.5) is 10.5 Å². The second-order valence-electron chi connectivity index (χ2n) is 10.6. The fourth-order valence-electron chi connectivity index (χ4n) is 5.82. The second kappa shape index (κ2) is 11.9. The van der Waals surface area contributed by atoms with Gasteiger partial charge < -0.3 is 15.5 Å². The van der Waals surface area contributed by atoms with Gasteiger partial charge in [0.2, 0.25) is 5.91 Å². The highest BCUT2D eigenvalue weighted by molar-refractivity contribution is 7.12. The van der Waals surface area contributed by atoms with Crippen LogP contribution in [0.2, 0.25) is 5.02 Å². The van der Waals surface area contributed by atoms with Crippen molar-refractivity contribution >= 4 is 46.3 Å². The Morgan fingerprint density at radius 3 is 2.15 bits per heavy atom. The molecule has 3 amide bonds. The molecule has 0 spiro atoms. The van der Waals surface area contributed by atoms with Gasteiger partial charge in [-0.3, -0.25) is 9.59 Å². The molecule has 41 heavy (non-hydrogen) atoms. The number of hydrogen-bond acceptors (Lipinski definition) is 4. The number of ketones is 1. The minimum atomic E-state index is -0.933. The van der Waals surface area contributed by atoms with Gasteiger partial charge in [-0.1, -0.05) is 78.3 Å². The van der Waals surface area contributed by atoms with Crippen LogP contribution in [0.25, 0.3) is 0 Å². The van der Waals surface area contributed by atoms with Crippen LogP contribution in [0.15, 0.2) is 102 Å². The summed E-state index contributed by atoms with van der Waals surface area (Å²) in [5, 5.41) is 8.54. The van der Waals surface area contributed by atoms with Crippen molar-refractivity contribution < 1.29 is 14.4 Å². The lowest BCUT2D eigenvalue weighted by Gasteiger charge is -2.31. The summed E-state index contributed by atoms with van der Waals surface area (Å²) in [5.74, 6) is -1.22. The fraction of sp³-hybridized carbons (Fsp3) is 0.242. The third-order valence-corrected chi connectivity index (χ3v) is 9.06. The van der Waals surface area contributed by atoms with E-state index in [1.54, 1.807) is 29.2 Å². The summed E-state index contributed by atoms with van der Waals surface area (Å²) in [6, 6.07) is 27.6. The molecule has 6 rings (SSSR count). The van der Waals surface area contributed by atoms with Gasteiger partial charge in [0, 0.05) is 23.2 Å². The van der Waals surface area contributed by atoms with E-state index < -0.39 is 30.0 Å². The SMILES string of the molecule is O=C(c1cccs1)C1C(c2ccc(Cl)cc2)C(C(=O)NCC2CC2)N(C(=O)Nc2ccccc2)C1c1ccccc1. The number of carbonyl (C=O) groups is 3. The van der Waals surface area contributed by atoms with Gasteiger partial charge in [0.1, 0.15) is 6.04 Å². The molecule has 2 N–H and O–H groups in total. The van der Waals surface area contributed by atoms with Crippen LogP contribution in [0.5, 0.6) is 0 Å². The molecular weight excluding hydrogens is 554 g/mol. The molecule has 4 unspecified atom stereocenters. The maximum absolute atomic E-state index is 14.4. The van der Waals surface area contributed by atoms with Gasteiger partial charge in [0.05, 0.1) is 16.8 Å². The van der Waals surface area contributed by atoms with E-state index in [0.29, 0.717) is 28.0 Å². The van der Waals surface area contributed by atoms with Gasteiger partial charge >= 0.3 is 6.03 Å². The molecule has 1 saturated carbocycles. The first-order valence-corrected chi connectivity index (χ1v) is 15.1. The topological polar surface area (TPSA) is 78.5 Å². The van der Waals surface area contributed by atoms with Crippen molar-refractivity contribution in [3.05, 3.63) is 123 Å². The van der Waals surface area contributed by atoms with Gasteiger partial charge in [0.25, 0.3) is 0 Å². The van der Waals surface area contributed by atoms with Crippen molar-refractivity contribution in [3.8, 4) is 0 Å². The predicted molar refractivity (Wildman–Crippen MR) is 162 cm³/mol. The molecule has 1 aromatic heterocycles. The lowest BCUT2D eigenvalue weighted by Crippen LogP contribution is -2.50. The van der Waals surface area contributed by atoms with Crippen LogP contribution < -0.4 is 10.6 Å². The van der Waals surface area contributed by atoms with Crippen molar-refractivity contribution in [1.82, 2.24) is 10.2 Å². The van der Waals surface area contributed by atoms with E-state index >= 15 is 0 Å². The number of likely N-dealkylation sites (tertiary alicyclic amines) is 1. The molecule has 0 radical (unpaired) electrons. The van der Waals surface area contributed by atoms with Crippen LogP contribution in [0.1, 0.15) is 45.6 Å². The summed E-state index contributed by atoms with van der Waals surface area (Å²) in [4.78, 5) is 45.0. The molecular formula is C33H30ClN3O3S. The average Bonchev–Trinajstić information content (AvgIpc) is 3.52. The van der Waals surface area contributed by atoms with Gasteiger partial charge in [0.15, 0.2) is 5.78 Å². The number of benzene rings is 3. The lowest BCUT2D eigenvalue weighted by atomic mass is 9.77. The zero-order valence-electron chi connectivity index (χ0n) is 22.3. The molecule has 2 fully saturated rings. The Hall–Kier alpha value is -3.94. The first kappa shape index (κ1) is 27.2. The largest absolute Gasteiger partial charge is 0.354 e. The minimum absolute atomic E-state index is 0.0937. The Bertz CT molecular complexity index is 1510. The van der Waals surface area contributed by atoms with E-state index in [1.807, 2.05) is 78.2 Å². The minimum Gasteiger partial charge on any atom is -0.354 e. The first-order valence-electron chi connectivity index (χ1n) is 13.8. The zero-order valence-corrected chi connectivity index (χ0v) is 23.9. The molecule has 2 aliphatic rings. The molecule has 4 aromatic rings. The summed E-state index contributed by atoms with van der Waals surface area (Å²) < 4.78 is 0. The van der Waals surface area contributed by atoms with E-state index in [4.69, 9.17) is 11.6 Å². The van der Waals surface area contributed by atoms with Crippen molar-refractivity contribution in [2.24, 2.45) is 11.8 Å². The maximum Gasteiger partial charge on any atom is 0.323 e. The summed E-state index contributed by atoms with van der Waals surface area (Å²) in [5.41, 5.74) is 2.19. The van der Waals surface area contributed by atoms with Gasteiger partial charge in [-0.2, -0.15) is 0 Å². The van der Waals surface area contributed by atoms with Gasteiger partial charge in [-0.05, 0) is 65.6 Å². The van der Waals surface area contributed by atoms with E-state index in [0.717, 1.165) is 24.0 Å². The number of urea groups is 1. The third kappa shape index (κ3) is 5.78. The Morgan fingerprint density at radius 1 is 0.829 bits per heavy atom. The normalized spacial score (nSPS) is 21.8. The summed E-state index contributed by atoms with van der Waals surface area (Å²) in [6.07, 6.45) is 2.16. The number of nitrogens with one attached hydrogen (secondary N) is 2. The molecule has 6 nitrogen and oxygen atoms in total. The Kier molecular flexibility index (Phi) is 7.90. The molecule has 1 saturated heterocycles. The van der Waals surface area contributed by atoms with Crippen molar-refractivity contribution in [1.29, 1.82) is 0 Å². The van der Waals surface area contributed by atoms with Crippen LogP contribution >= 0.6 is 22.9 Å². The average molecular weight is 584 g/mol. The molecule has 0 bridgehead atoms. The number of Topliss-reactive ketones (excluding diaryl/α,β-unsaturated/α-hetero) is 1. The molecule has 2 heterocycles. The molecule has 8 heteroatoms. The quantitative estimate of drug-likeness (QED) is 0.216. The van der Waals surface area contributed by atoms with Gasteiger partial charge in [-0.25, -0.2) is 4.79 Å². The van der Waals surface area contributed by atoms with E-state index in [-0.39, 0.29) is 11.7 Å². The lowest BCUT2D eigenvalue weighted by molar-refractivity contribution is -0.125. The number of hydrogen-bond donors (Lipinski definition) is 2. The highest BCUT2D eigenvalue weighted by Gasteiger charge is 2.57. The molecule has 4 atom stereocenters. The number of anilines is 1. The molecule has 1 aliphatic carbocycles. The summed E-state index contributed by atoms with van der Waals surface area (Å²) in [7, 11) is 0. The van der Waals surface area contributed by atoms with Crippen molar-refractivity contribution in [3.63, 3.8) is 0 Å². The van der Waals surface area contributed by atoms with Crippen LogP contribution in [-0.2, 0) is 4.79 Å². The molecule has 1 aliphatic heterocycles. The Morgan fingerprint density at radius 2 is 1.51 bits per heavy atom. The standard InChI is InChI=1S/C33H30ClN3O3S/c34-24-17-15-22(16-18-24)27-28(31(38)26-12-7-19-41-26)29(23-8-3-1-4-9-23)37(30(27)32(39)35-20-21-13-14-21)33(40)36-25-10-5-2-6-11-25/h1-12,15-19,21,27-30H,13-14,20H2,(H,35,39)(H,36,40). The zero-order chi connectivity index (χ0) is 28.3. The van der Waals surface area contributed by atoms with Crippen molar-refractivity contribution in [2.75, 3.05) is 11.9 Å². The fourth-order valence-corrected chi connectivity index (χ4v) is 6.66. The second-order valence-corrected chi connectivity index (χ2v) is 12.0. The number of halogens is 1. The van der Waals surface area contributed by atoms with Crippen LogP contribution in [0.3, 0.4) is 0 Å². The van der Waals surface area contributed by atoms with Crippen LogP contribution in [0, 0.1) is 11.8 Å². The summed E-state index contributed by atoms with van der Waals surface area (Å²) >= 11 is 7.63. The maximum atomic E-state index is 14.4. The number of para-hydroxylation sites is 1. The summed E-state index contributed by atoms with van der Waals surface area (Å²) in [6.45, 7) is 0.552. The molecule has 3 aromatic carbocycles. The highest BCUT2D eigenvalue weighted by Crippen LogP contribution is 2.52. The predicted octanol–water partition coefficient (Wildman–Crippen LogP) is 7.17. The van der Waals surface area contributed by atoms with E-state index in [1.165, 1.54) is 11.3 Å². The van der Waals surface area contributed by atoms with Crippen LogP contribution in [-0.4, -0.2) is 35.2 Å². The number of nitrogens with zero attached hydrogens (tertiary/aromatic N) is 1. The number of thiophene rings is 1. The monoisotopic (exact) mass is 583 g/mol. The third-order valence-electron chi connectivity index (χ3n) is 7.92. The van der Waals surface area contributed by atoms with E-state index in [9.17, 15) is 14.4 Å². The number of amides is 3. The number of rotatable bonds is 8. The Labute approximate surface area is 248 Å². The Balaban J connectivity index is 1.52. The van der Waals surface area contributed by atoms with Crippen molar-refractivity contribution in [2.45, 2.75) is 30.8 Å². The van der Waals surface area contributed by atoms with E-state index in [2.05, 4.69) is 10.6 Å². The highest BCUT2D eigenvalue weighted by atomic mass is 35.5. The smallest absolute Gasteiger partial charge is 0.323 e. The first-order chi connectivity index (χ1) is 20.0.